The van der Waals surface area contributed by atoms with Gasteiger partial charge >= 0.3 is 0 Å². The van der Waals surface area contributed by atoms with E-state index >= 15 is 0 Å². The molecule has 1 heterocycles. The Labute approximate surface area is 145 Å². The number of benzene rings is 1. The molecule has 24 heavy (non-hydrogen) atoms. The number of pyridine rings is 1. The molecule has 0 atom stereocenters. The average Bonchev–Trinajstić information content (AvgIpc) is 2.60. The minimum atomic E-state index is -0.307. The summed E-state index contributed by atoms with van der Waals surface area (Å²) in [6.45, 7) is 12.2. The minimum Gasteiger partial charge on any atom is -0.496 e. The van der Waals surface area contributed by atoms with E-state index in [1.54, 1.807) is 7.11 Å². The standard InChI is InChI=1S/C21H27NO2/c1-7-18-16(9-10-19(22-18)14(2)3)17-12-15(21(4,5)13-23)8-11-20(17)24-6/h8-12,23H,2,7,13H2,1,3-6H3. The van der Waals surface area contributed by atoms with Crippen LogP contribution in [0.2, 0.25) is 0 Å². The second-order valence-electron chi connectivity index (χ2n) is 6.78. The molecule has 3 nitrogen and oxygen atoms in total. The van der Waals surface area contributed by atoms with Crippen LogP contribution >= 0.6 is 0 Å². The summed E-state index contributed by atoms with van der Waals surface area (Å²) < 4.78 is 5.57. The number of hydrogen-bond acceptors (Lipinski definition) is 3. The Morgan fingerprint density at radius 3 is 2.46 bits per heavy atom. The smallest absolute Gasteiger partial charge is 0.126 e. The quantitative estimate of drug-likeness (QED) is 0.842. The zero-order chi connectivity index (χ0) is 17.9. The van der Waals surface area contributed by atoms with Gasteiger partial charge in [-0.2, -0.15) is 0 Å². The van der Waals surface area contributed by atoms with Crippen LogP contribution in [0, 0.1) is 0 Å². The van der Waals surface area contributed by atoms with Gasteiger partial charge in [-0.1, -0.05) is 39.5 Å². The van der Waals surface area contributed by atoms with Gasteiger partial charge in [-0.15, -0.1) is 0 Å². The maximum Gasteiger partial charge on any atom is 0.126 e. The van der Waals surface area contributed by atoms with Gasteiger partial charge < -0.3 is 9.84 Å². The average molecular weight is 325 g/mol. The molecule has 0 saturated heterocycles. The van der Waals surface area contributed by atoms with Crippen molar-refractivity contribution < 1.29 is 9.84 Å². The third-order valence-electron chi connectivity index (χ3n) is 4.41. The van der Waals surface area contributed by atoms with Gasteiger partial charge in [-0.25, -0.2) is 0 Å². The molecule has 0 aliphatic rings. The van der Waals surface area contributed by atoms with Crippen molar-refractivity contribution >= 4 is 5.57 Å². The predicted molar refractivity (Wildman–Crippen MR) is 100 cm³/mol. The summed E-state index contributed by atoms with van der Waals surface area (Å²) in [5.74, 6) is 0.812. The number of allylic oxidation sites excluding steroid dienone is 1. The third kappa shape index (κ3) is 3.51. The summed E-state index contributed by atoms with van der Waals surface area (Å²) in [6, 6.07) is 10.2. The number of rotatable bonds is 6. The molecule has 3 heteroatoms. The van der Waals surface area contributed by atoms with Gasteiger partial charge in [0.05, 0.1) is 19.4 Å². The van der Waals surface area contributed by atoms with Crippen LogP contribution in [0.4, 0.5) is 0 Å². The minimum absolute atomic E-state index is 0.0895. The number of nitrogens with zero attached hydrogens (tertiary/aromatic N) is 1. The summed E-state index contributed by atoms with van der Waals surface area (Å²) in [5, 5.41) is 9.68. The maximum absolute atomic E-state index is 9.68. The Morgan fingerprint density at radius 2 is 1.92 bits per heavy atom. The Hall–Kier alpha value is -2.13. The lowest BCUT2D eigenvalue weighted by Crippen LogP contribution is -2.22. The monoisotopic (exact) mass is 325 g/mol. The highest BCUT2D eigenvalue weighted by molar-refractivity contribution is 5.75. The number of hydrogen-bond donors (Lipinski definition) is 1. The first-order chi connectivity index (χ1) is 11.3. The number of ether oxygens (including phenoxy) is 1. The number of methoxy groups -OCH3 is 1. The summed E-state index contributed by atoms with van der Waals surface area (Å²) >= 11 is 0. The first kappa shape index (κ1) is 18.2. The fourth-order valence-electron chi connectivity index (χ4n) is 2.68. The van der Waals surface area contributed by atoms with E-state index in [4.69, 9.17) is 9.72 Å². The van der Waals surface area contributed by atoms with E-state index in [-0.39, 0.29) is 12.0 Å². The van der Waals surface area contributed by atoms with Crippen LogP contribution in [0.25, 0.3) is 16.7 Å². The van der Waals surface area contributed by atoms with E-state index in [9.17, 15) is 5.11 Å². The van der Waals surface area contributed by atoms with E-state index in [1.165, 1.54) is 0 Å². The molecule has 128 valence electrons. The second-order valence-corrected chi connectivity index (χ2v) is 6.78. The SMILES string of the molecule is C=C(C)c1ccc(-c2cc(C(C)(C)CO)ccc2OC)c(CC)n1. The predicted octanol–water partition coefficient (Wildman–Crippen LogP) is 4.62. The van der Waals surface area contributed by atoms with Crippen LogP contribution < -0.4 is 4.74 Å². The Bertz CT molecular complexity index is 747. The van der Waals surface area contributed by atoms with Crippen molar-refractivity contribution in [2.75, 3.05) is 13.7 Å². The lowest BCUT2D eigenvalue weighted by molar-refractivity contribution is 0.218. The number of aryl methyl sites for hydroxylation is 1. The van der Waals surface area contributed by atoms with Crippen LogP contribution in [0.15, 0.2) is 36.9 Å². The highest BCUT2D eigenvalue weighted by Crippen LogP contribution is 2.36. The van der Waals surface area contributed by atoms with Crippen LogP contribution in [0.3, 0.4) is 0 Å². The van der Waals surface area contributed by atoms with Gasteiger partial charge in [0.25, 0.3) is 0 Å². The molecule has 0 aliphatic carbocycles. The molecule has 1 aromatic carbocycles. The van der Waals surface area contributed by atoms with Crippen molar-refractivity contribution in [3.8, 4) is 16.9 Å². The highest BCUT2D eigenvalue weighted by atomic mass is 16.5. The second kappa shape index (κ2) is 7.18. The Morgan fingerprint density at radius 1 is 1.21 bits per heavy atom. The topological polar surface area (TPSA) is 42.4 Å². The zero-order valence-electron chi connectivity index (χ0n) is 15.3. The molecule has 0 aliphatic heterocycles. The molecule has 0 saturated carbocycles. The molecular formula is C21H27NO2. The number of aliphatic hydroxyl groups excluding tert-OH is 1. The lowest BCUT2D eigenvalue weighted by Gasteiger charge is -2.24. The largest absolute Gasteiger partial charge is 0.496 e. The molecule has 0 fully saturated rings. The van der Waals surface area contributed by atoms with Crippen molar-refractivity contribution in [1.82, 2.24) is 4.98 Å². The van der Waals surface area contributed by atoms with Crippen LogP contribution in [0.5, 0.6) is 5.75 Å². The normalized spacial score (nSPS) is 11.4. The fourth-order valence-corrected chi connectivity index (χ4v) is 2.68. The van der Waals surface area contributed by atoms with Gasteiger partial charge in [0.2, 0.25) is 0 Å². The lowest BCUT2D eigenvalue weighted by atomic mass is 9.83. The van der Waals surface area contributed by atoms with E-state index < -0.39 is 0 Å². The molecule has 0 unspecified atom stereocenters. The number of aromatic nitrogens is 1. The molecular weight excluding hydrogens is 298 g/mol. The molecule has 2 rings (SSSR count). The van der Waals surface area contributed by atoms with Gasteiger partial charge in [0.15, 0.2) is 0 Å². The molecule has 1 N–H and O–H groups in total. The van der Waals surface area contributed by atoms with E-state index in [2.05, 4.69) is 25.6 Å². The van der Waals surface area contributed by atoms with Gasteiger partial charge in [-0.05, 0) is 42.7 Å². The summed E-state index contributed by atoms with van der Waals surface area (Å²) in [5.41, 5.74) is 5.74. The number of aliphatic hydroxyl groups is 1. The maximum atomic E-state index is 9.68. The molecule has 2 aromatic rings. The van der Waals surface area contributed by atoms with E-state index in [1.807, 2.05) is 39.0 Å². The van der Waals surface area contributed by atoms with Gasteiger partial charge in [0.1, 0.15) is 5.75 Å². The zero-order valence-corrected chi connectivity index (χ0v) is 15.3. The van der Waals surface area contributed by atoms with Crippen molar-refractivity contribution in [1.29, 1.82) is 0 Å². The van der Waals surface area contributed by atoms with Gasteiger partial charge in [0, 0.05) is 22.2 Å². The van der Waals surface area contributed by atoms with Crippen LogP contribution in [0.1, 0.15) is 44.6 Å². The Kier molecular flexibility index (Phi) is 5.45. The Balaban J connectivity index is 2.66. The van der Waals surface area contributed by atoms with E-state index in [0.717, 1.165) is 45.8 Å². The first-order valence-electron chi connectivity index (χ1n) is 8.29. The summed E-state index contributed by atoms with van der Waals surface area (Å²) in [7, 11) is 1.68. The molecule has 0 amide bonds. The third-order valence-corrected chi connectivity index (χ3v) is 4.41. The first-order valence-corrected chi connectivity index (χ1v) is 8.29. The molecule has 0 spiro atoms. The molecule has 1 aromatic heterocycles. The fraction of sp³-hybridized carbons (Fsp3) is 0.381. The van der Waals surface area contributed by atoms with Crippen molar-refractivity contribution in [2.45, 2.75) is 39.5 Å². The van der Waals surface area contributed by atoms with Crippen LogP contribution in [-0.4, -0.2) is 23.8 Å². The van der Waals surface area contributed by atoms with Crippen molar-refractivity contribution in [3.63, 3.8) is 0 Å². The van der Waals surface area contributed by atoms with Crippen molar-refractivity contribution in [2.24, 2.45) is 0 Å². The highest BCUT2D eigenvalue weighted by Gasteiger charge is 2.22. The molecule has 0 bridgehead atoms. The van der Waals surface area contributed by atoms with Crippen LogP contribution in [-0.2, 0) is 11.8 Å². The van der Waals surface area contributed by atoms with Crippen molar-refractivity contribution in [3.05, 3.63) is 53.9 Å². The molecule has 0 radical (unpaired) electrons. The van der Waals surface area contributed by atoms with E-state index in [0.29, 0.717) is 0 Å². The van der Waals surface area contributed by atoms with Gasteiger partial charge in [-0.3, -0.25) is 4.98 Å². The summed E-state index contributed by atoms with van der Waals surface area (Å²) in [4.78, 5) is 4.75. The summed E-state index contributed by atoms with van der Waals surface area (Å²) in [6.07, 6.45) is 0.827.